The zero-order valence-electron chi connectivity index (χ0n) is 9.99. The highest BCUT2D eigenvalue weighted by atomic mass is 79.9. The quantitative estimate of drug-likeness (QED) is 0.831. The van der Waals surface area contributed by atoms with Crippen LogP contribution in [0.15, 0.2) is 22.7 Å². The molecule has 3 rings (SSSR count). The first-order valence-electron chi connectivity index (χ1n) is 6.11. The molecule has 0 unspecified atom stereocenters. The van der Waals surface area contributed by atoms with E-state index in [0.29, 0.717) is 13.2 Å². The van der Waals surface area contributed by atoms with E-state index in [4.69, 9.17) is 21.1 Å². The second kappa shape index (κ2) is 5.10. The summed E-state index contributed by atoms with van der Waals surface area (Å²) in [5.41, 5.74) is 1.15. The first-order valence-corrected chi connectivity index (χ1v) is 7.28. The van der Waals surface area contributed by atoms with Gasteiger partial charge in [-0.3, -0.25) is 4.90 Å². The zero-order chi connectivity index (χ0) is 12.6. The topological polar surface area (TPSA) is 21.7 Å². The lowest BCUT2D eigenvalue weighted by Gasteiger charge is -2.22. The molecule has 2 aliphatic rings. The van der Waals surface area contributed by atoms with Gasteiger partial charge in [0.25, 0.3) is 0 Å². The number of ether oxygens (including phenoxy) is 2. The number of benzene rings is 1. The maximum absolute atomic E-state index is 6.24. The van der Waals surface area contributed by atoms with E-state index in [1.807, 2.05) is 12.1 Å². The smallest absolute Gasteiger partial charge is 0.182 e. The summed E-state index contributed by atoms with van der Waals surface area (Å²) >= 11 is 9.66. The van der Waals surface area contributed by atoms with Crippen LogP contribution >= 0.6 is 27.5 Å². The van der Waals surface area contributed by atoms with Crippen molar-refractivity contribution in [2.45, 2.75) is 18.8 Å². The van der Waals surface area contributed by atoms with E-state index in [-0.39, 0.29) is 5.79 Å². The van der Waals surface area contributed by atoms with Crippen molar-refractivity contribution in [3.63, 3.8) is 0 Å². The average molecular weight is 333 g/mol. The molecule has 5 heteroatoms. The molecule has 0 radical (unpaired) electrons. The molecule has 1 aromatic carbocycles. The molecular weight excluding hydrogens is 318 g/mol. The molecule has 0 N–H and O–H groups in total. The molecule has 18 heavy (non-hydrogen) atoms. The van der Waals surface area contributed by atoms with Gasteiger partial charge < -0.3 is 9.47 Å². The molecule has 0 saturated carbocycles. The van der Waals surface area contributed by atoms with Gasteiger partial charge in [-0.1, -0.05) is 33.6 Å². The number of nitrogens with zero attached hydrogens (tertiary/aromatic N) is 1. The van der Waals surface area contributed by atoms with Crippen LogP contribution in [0.4, 0.5) is 0 Å². The van der Waals surface area contributed by atoms with E-state index >= 15 is 0 Å². The predicted octanol–water partition coefficient (Wildman–Crippen LogP) is 3.05. The van der Waals surface area contributed by atoms with E-state index in [1.54, 1.807) is 0 Å². The molecule has 98 valence electrons. The molecule has 1 aromatic rings. The second-order valence-corrected chi connectivity index (χ2v) is 6.13. The van der Waals surface area contributed by atoms with E-state index < -0.39 is 0 Å². The Bertz CT molecular complexity index is 449. The molecule has 2 saturated heterocycles. The van der Waals surface area contributed by atoms with Crippen LogP contribution < -0.4 is 0 Å². The fourth-order valence-electron chi connectivity index (χ4n) is 2.59. The molecule has 0 aliphatic carbocycles. The Hall–Kier alpha value is -0.130. The summed E-state index contributed by atoms with van der Waals surface area (Å²) in [4.78, 5) is 2.33. The number of halogens is 2. The van der Waals surface area contributed by atoms with Gasteiger partial charge in [0.1, 0.15) is 0 Å². The highest BCUT2D eigenvalue weighted by Crippen LogP contribution is 2.32. The Morgan fingerprint density at radius 2 is 2.11 bits per heavy atom. The number of rotatable bonds is 2. The maximum Gasteiger partial charge on any atom is 0.182 e. The lowest BCUT2D eigenvalue weighted by Crippen LogP contribution is -2.34. The molecule has 0 atom stereocenters. The van der Waals surface area contributed by atoms with E-state index in [1.165, 1.54) is 0 Å². The van der Waals surface area contributed by atoms with Gasteiger partial charge in [0.15, 0.2) is 5.79 Å². The molecule has 0 aromatic heterocycles. The summed E-state index contributed by atoms with van der Waals surface area (Å²) in [5.74, 6) is -0.345. The lowest BCUT2D eigenvalue weighted by molar-refractivity contribution is -0.145. The van der Waals surface area contributed by atoms with E-state index in [2.05, 4.69) is 26.9 Å². The molecular formula is C13H15BrClNO2. The monoisotopic (exact) mass is 331 g/mol. The van der Waals surface area contributed by atoms with Gasteiger partial charge in [-0.2, -0.15) is 0 Å². The van der Waals surface area contributed by atoms with Gasteiger partial charge in [-0.05, 0) is 17.7 Å². The summed E-state index contributed by atoms with van der Waals surface area (Å²) in [7, 11) is 0. The molecule has 2 fully saturated rings. The summed E-state index contributed by atoms with van der Waals surface area (Å²) in [6.07, 6.45) is 0.946. The van der Waals surface area contributed by atoms with Crippen molar-refractivity contribution in [2.24, 2.45) is 0 Å². The molecule has 2 aliphatic heterocycles. The number of likely N-dealkylation sites (tertiary alicyclic amines) is 1. The van der Waals surface area contributed by atoms with Crippen LogP contribution in [0.2, 0.25) is 5.02 Å². The molecule has 1 spiro atoms. The first-order chi connectivity index (χ1) is 8.67. The van der Waals surface area contributed by atoms with E-state index in [0.717, 1.165) is 41.1 Å². The normalized spacial score (nSPS) is 23.0. The second-order valence-electron chi connectivity index (χ2n) is 4.80. The standard InChI is InChI=1S/C13H15BrClNO2/c14-11-2-1-10(12(15)7-11)8-16-4-3-13(9-16)17-5-6-18-13/h1-2,7H,3-6,8-9H2. The fourth-order valence-corrected chi connectivity index (χ4v) is 3.32. The summed E-state index contributed by atoms with van der Waals surface area (Å²) in [6.45, 7) is 4.10. The Morgan fingerprint density at radius 1 is 1.33 bits per heavy atom. The number of hydrogen-bond donors (Lipinski definition) is 0. The van der Waals surface area contributed by atoms with Crippen molar-refractivity contribution in [3.05, 3.63) is 33.3 Å². The van der Waals surface area contributed by atoms with Crippen LogP contribution in [0.25, 0.3) is 0 Å². The van der Waals surface area contributed by atoms with Gasteiger partial charge in [-0.15, -0.1) is 0 Å². The van der Waals surface area contributed by atoms with Crippen molar-refractivity contribution in [1.29, 1.82) is 0 Å². The minimum absolute atomic E-state index is 0.345. The first kappa shape index (κ1) is 12.9. The van der Waals surface area contributed by atoms with Gasteiger partial charge in [-0.25, -0.2) is 0 Å². The van der Waals surface area contributed by atoms with Crippen molar-refractivity contribution in [2.75, 3.05) is 26.3 Å². The third kappa shape index (κ3) is 2.58. The van der Waals surface area contributed by atoms with Crippen LogP contribution in [0, 0.1) is 0 Å². The lowest BCUT2D eigenvalue weighted by atomic mass is 10.2. The van der Waals surface area contributed by atoms with Crippen molar-refractivity contribution in [1.82, 2.24) is 4.90 Å². The average Bonchev–Trinajstić information content (AvgIpc) is 2.94. The van der Waals surface area contributed by atoms with Crippen molar-refractivity contribution < 1.29 is 9.47 Å². The Balaban J connectivity index is 1.67. The fraction of sp³-hybridized carbons (Fsp3) is 0.538. The SMILES string of the molecule is Clc1cc(Br)ccc1CN1CCC2(C1)OCCO2. The van der Waals surface area contributed by atoms with Gasteiger partial charge >= 0.3 is 0 Å². The maximum atomic E-state index is 6.24. The zero-order valence-corrected chi connectivity index (χ0v) is 12.3. The van der Waals surface area contributed by atoms with Gasteiger partial charge in [0, 0.05) is 29.0 Å². The molecule has 0 bridgehead atoms. The van der Waals surface area contributed by atoms with Crippen LogP contribution in [0.5, 0.6) is 0 Å². The van der Waals surface area contributed by atoms with Crippen molar-refractivity contribution >= 4 is 27.5 Å². The van der Waals surface area contributed by atoms with Crippen molar-refractivity contribution in [3.8, 4) is 0 Å². The summed E-state index contributed by atoms with van der Waals surface area (Å²) < 4.78 is 12.4. The summed E-state index contributed by atoms with van der Waals surface area (Å²) in [5, 5.41) is 0.804. The van der Waals surface area contributed by atoms with E-state index in [9.17, 15) is 0 Å². The predicted molar refractivity (Wildman–Crippen MR) is 73.7 cm³/mol. The highest BCUT2D eigenvalue weighted by Gasteiger charge is 2.43. The Kier molecular flexibility index (Phi) is 3.65. The molecule has 3 nitrogen and oxygen atoms in total. The van der Waals surface area contributed by atoms with Crippen LogP contribution in [-0.4, -0.2) is 37.0 Å². The highest BCUT2D eigenvalue weighted by molar-refractivity contribution is 9.10. The molecule has 2 heterocycles. The Labute approximate surface area is 120 Å². The minimum atomic E-state index is -0.345. The van der Waals surface area contributed by atoms with Crippen LogP contribution in [-0.2, 0) is 16.0 Å². The van der Waals surface area contributed by atoms with Gasteiger partial charge in [0.2, 0.25) is 0 Å². The van der Waals surface area contributed by atoms with Crippen LogP contribution in [0.1, 0.15) is 12.0 Å². The Morgan fingerprint density at radius 3 is 2.83 bits per heavy atom. The van der Waals surface area contributed by atoms with Crippen LogP contribution in [0.3, 0.4) is 0 Å². The largest absolute Gasteiger partial charge is 0.346 e. The third-order valence-electron chi connectivity index (χ3n) is 3.50. The molecule has 0 amide bonds. The third-order valence-corrected chi connectivity index (χ3v) is 4.34. The summed E-state index contributed by atoms with van der Waals surface area (Å²) in [6, 6.07) is 6.02. The van der Waals surface area contributed by atoms with Gasteiger partial charge in [0.05, 0.1) is 19.8 Å². The minimum Gasteiger partial charge on any atom is -0.346 e. The number of hydrogen-bond acceptors (Lipinski definition) is 3.